The van der Waals surface area contributed by atoms with E-state index >= 15 is 0 Å². The monoisotopic (exact) mass is 380 g/mol. The second-order valence-electron chi connectivity index (χ2n) is 6.84. The van der Waals surface area contributed by atoms with Crippen molar-refractivity contribution < 1.29 is 19.0 Å². The highest BCUT2D eigenvalue weighted by Gasteiger charge is 2.23. The summed E-state index contributed by atoms with van der Waals surface area (Å²) in [6, 6.07) is 15.5. The third-order valence-electron chi connectivity index (χ3n) is 5.01. The smallest absolute Gasteiger partial charge is 0.317 e. The Bertz CT molecular complexity index is 863. The summed E-state index contributed by atoms with van der Waals surface area (Å²) in [5.41, 5.74) is 2.43. The van der Waals surface area contributed by atoms with Crippen molar-refractivity contribution in [3.63, 3.8) is 0 Å². The van der Waals surface area contributed by atoms with Crippen molar-refractivity contribution in [1.82, 2.24) is 10.2 Å². The number of benzene rings is 2. The van der Waals surface area contributed by atoms with Crippen molar-refractivity contribution in [2.75, 3.05) is 33.4 Å². The van der Waals surface area contributed by atoms with E-state index in [1.165, 1.54) is 11.1 Å². The SMILES string of the molecule is COc1ccc(C2=CCN(C(=O)NC[C@@H]3COc4ccccc4O3)CC2)cc1. The van der Waals surface area contributed by atoms with Crippen LogP contribution in [0.2, 0.25) is 0 Å². The number of methoxy groups -OCH3 is 1. The number of amides is 2. The number of rotatable bonds is 4. The minimum atomic E-state index is -0.186. The fraction of sp³-hybridized carbons (Fsp3) is 0.318. The summed E-state index contributed by atoms with van der Waals surface area (Å²) in [7, 11) is 1.66. The summed E-state index contributed by atoms with van der Waals surface area (Å²) in [5.74, 6) is 2.31. The molecule has 2 heterocycles. The molecule has 0 unspecified atom stereocenters. The molecule has 0 aliphatic carbocycles. The minimum Gasteiger partial charge on any atom is -0.497 e. The highest BCUT2D eigenvalue weighted by Crippen LogP contribution is 2.30. The number of para-hydroxylation sites is 2. The Hall–Kier alpha value is -3.15. The number of fused-ring (bicyclic) bond motifs is 1. The average molecular weight is 380 g/mol. The molecule has 2 amide bonds. The summed E-state index contributed by atoms with van der Waals surface area (Å²) in [5, 5.41) is 2.96. The number of carbonyl (C=O) groups excluding carboxylic acids is 1. The van der Waals surface area contributed by atoms with E-state index < -0.39 is 0 Å². The molecule has 0 aromatic heterocycles. The van der Waals surface area contributed by atoms with Gasteiger partial charge in [0.2, 0.25) is 0 Å². The van der Waals surface area contributed by atoms with Crippen molar-refractivity contribution in [1.29, 1.82) is 0 Å². The van der Waals surface area contributed by atoms with Gasteiger partial charge in [-0.1, -0.05) is 30.3 Å². The Morgan fingerprint density at radius 1 is 1.18 bits per heavy atom. The quantitative estimate of drug-likeness (QED) is 0.884. The van der Waals surface area contributed by atoms with Gasteiger partial charge in [-0.15, -0.1) is 0 Å². The molecule has 2 aromatic carbocycles. The molecule has 2 aromatic rings. The molecule has 6 nitrogen and oxygen atoms in total. The van der Waals surface area contributed by atoms with Gasteiger partial charge >= 0.3 is 6.03 Å². The van der Waals surface area contributed by atoms with Crippen LogP contribution in [-0.2, 0) is 0 Å². The molecule has 1 N–H and O–H groups in total. The van der Waals surface area contributed by atoms with Crippen LogP contribution in [0, 0.1) is 0 Å². The van der Waals surface area contributed by atoms with E-state index in [1.807, 2.05) is 41.3 Å². The number of hydrogen-bond acceptors (Lipinski definition) is 4. The maximum absolute atomic E-state index is 12.5. The molecule has 28 heavy (non-hydrogen) atoms. The fourth-order valence-electron chi connectivity index (χ4n) is 3.40. The second-order valence-corrected chi connectivity index (χ2v) is 6.84. The third-order valence-corrected chi connectivity index (χ3v) is 5.01. The second kappa shape index (κ2) is 8.25. The number of nitrogens with one attached hydrogen (secondary N) is 1. The van der Waals surface area contributed by atoms with Gasteiger partial charge in [-0.3, -0.25) is 0 Å². The van der Waals surface area contributed by atoms with Crippen LogP contribution in [-0.4, -0.2) is 50.4 Å². The minimum absolute atomic E-state index is 0.0764. The van der Waals surface area contributed by atoms with Gasteiger partial charge in [0.15, 0.2) is 17.6 Å². The van der Waals surface area contributed by atoms with Gasteiger partial charge in [0, 0.05) is 13.1 Å². The highest BCUT2D eigenvalue weighted by atomic mass is 16.6. The van der Waals surface area contributed by atoms with Gasteiger partial charge in [-0.2, -0.15) is 0 Å². The summed E-state index contributed by atoms with van der Waals surface area (Å²) in [6.07, 6.45) is 2.76. The maximum atomic E-state index is 12.5. The lowest BCUT2D eigenvalue weighted by molar-refractivity contribution is 0.0903. The lowest BCUT2D eigenvalue weighted by Crippen LogP contribution is -2.47. The summed E-state index contributed by atoms with van der Waals surface area (Å²) >= 11 is 0. The van der Waals surface area contributed by atoms with Crippen LogP contribution in [0.15, 0.2) is 54.6 Å². The van der Waals surface area contributed by atoms with Crippen molar-refractivity contribution in [2.45, 2.75) is 12.5 Å². The molecule has 2 aliphatic heterocycles. The van der Waals surface area contributed by atoms with Gasteiger partial charge < -0.3 is 24.4 Å². The molecule has 0 radical (unpaired) electrons. The van der Waals surface area contributed by atoms with Crippen LogP contribution in [0.4, 0.5) is 4.79 Å². The van der Waals surface area contributed by atoms with Gasteiger partial charge in [0.1, 0.15) is 12.4 Å². The molecular weight excluding hydrogens is 356 g/mol. The molecule has 6 heteroatoms. The van der Waals surface area contributed by atoms with E-state index in [2.05, 4.69) is 23.5 Å². The Morgan fingerprint density at radius 2 is 1.96 bits per heavy atom. The Balaban J connectivity index is 1.27. The van der Waals surface area contributed by atoms with Crippen molar-refractivity contribution in [3.05, 3.63) is 60.2 Å². The molecule has 0 bridgehead atoms. The number of carbonyl (C=O) groups is 1. The molecule has 0 spiro atoms. The van der Waals surface area contributed by atoms with Crippen LogP contribution < -0.4 is 19.5 Å². The fourth-order valence-corrected chi connectivity index (χ4v) is 3.40. The van der Waals surface area contributed by atoms with E-state index in [0.29, 0.717) is 26.2 Å². The van der Waals surface area contributed by atoms with Gasteiger partial charge in [-0.05, 0) is 41.8 Å². The van der Waals surface area contributed by atoms with E-state index in [0.717, 1.165) is 23.7 Å². The number of urea groups is 1. The molecule has 1 atom stereocenters. The highest BCUT2D eigenvalue weighted by molar-refractivity contribution is 5.76. The Kier molecular flexibility index (Phi) is 5.37. The van der Waals surface area contributed by atoms with Gasteiger partial charge in [-0.25, -0.2) is 4.79 Å². The van der Waals surface area contributed by atoms with Gasteiger partial charge in [0.25, 0.3) is 0 Å². The van der Waals surface area contributed by atoms with Crippen LogP contribution in [0.5, 0.6) is 17.2 Å². The largest absolute Gasteiger partial charge is 0.497 e. The molecule has 0 saturated heterocycles. The molecule has 2 aliphatic rings. The number of nitrogens with zero attached hydrogens (tertiary/aromatic N) is 1. The van der Waals surface area contributed by atoms with Crippen molar-refractivity contribution in [3.8, 4) is 17.2 Å². The molecule has 4 rings (SSSR count). The predicted molar refractivity (Wildman–Crippen MR) is 107 cm³/mol. The van der Waals surface area contributed by atoms with Crippen LogP contribution in [0.3, 0.4) is 0 Å². The van der Waals surface area contributed by atoms with E-state index in [4.69, 9.17) is 14.2 Å². The first-order valence-corrected chi connectivity index (χ1v) is 9.47. The van der Waals surface area contributed by atoms with E-state index in [1.54, 1.807) is 7.11 Å². The lowest BCUT2D eigenvalue weighted by Gasteiger charge is -2.29. The van der Waals surface area contributed by atoms with Crippen LogP contribution in [0.1, 0.15) is 12.0 Å². The zero-order valence-corrected chi connectivity index (χ0v) is 15.9. The number of hydrogen-bond donors (Lipinski definition) is 1. The zero-order chi connectivity index (χ0) is 19.3. The molecular formula is C22H24N2O4. The first kappa shape index (κ1) is 18.2. The third kappa shape index (κ3) is 4.06. The predicted octanol–water partition coefficient (Wildman–Crippen LogP) is 3.33. The zero-order valence-electron chi connectivity index (χ0n) is 15.9. The first-order valence-electron chi connectivity index (χ1n) is 9.47. The van der Waals surface area contributed by atoms with E-state index in [9.17, 15) is 4.79 Å². The first-order chi connectivity index (χ1) is 13.7. The van der Waals surface area contributed by atoms with Crippen molar-refractivity contribution >= 4 is 11.6 Å². The number of ether oxygens (including phenoxy) is 3. The standard InChI is InChI=1S/C22H24N2O4/c1-26-18-8-6-16(7-9-18)17-10-12-24(13-11-17)22(25)23-14-19-15-27-20-4-2-3-5-21(20)28-19/h2-10,19H,11-15H2,1H3,(H,23,25)/t19-/m1/s1. The van der Waals surface area contributed by atoms with Crippen molar-refractivity contribution in [2.24, 2.45) is 0 Å². The van der Waals surface area contributed by atoms with Gasteiger partial charge in [0.05, 0.1) is 13.7 Å². The van der Waals surface area contributed by atoms with E-state index in [-0.39, 0.29) is 12.1 Å². The molecule has 146 valence electrons. The molecule has 0 saturated carbocycles. The summed E-state index contributed by atoms with van der Waals surface area (Å²) in [6.45, 7) is 2.13. The molecule has 0 fully saturated rings. The lowest BCUT2D eigenvalue weighted by atomic mass is 9.99. The summed E-state index contributed by atoms with van der Waals surface area (Å²) < 4.78 is 16.8. The Labute approximate surface area is 164 Å². The topological polar surface area (TPSA) is 60.0 Å². The van der Waals surface area contributed by atoms with Crippen LogP contribution >= 0.6 is 0 Å². The Morgan fingerprint density at radius 3 is 2.68 bits per heavy atom. The average Bonchev–Trinajstić information content (AvgIpc) is 2.77. The van der Waals surface area contributed by atoms with Crippen LogP contribution in [0.25, 0.3) is 5.57 Å². The maximum Gasteiger partial charge on any atom is 0.317 e. The summed E-state index contributed by atoms with van der Waals surface area (Å²) in [4.78, 5) is 14.3. The normalized spacial score (nSPS) is 18.2.